The molecular weight excluding hydrogens is 142 g/mol. The average Bonchev–Trinajstić information content (AvgIpc) is 1.85. The molecule has 0 heterocycles. The van der Waals surface area contributed by atoms with Gasteiger partial charge in [-0.05, 0) is 12.8 Å². The Morgan fingerprint density at radius 3 is 2.36 bits per heavy atom. The molecule has 1 rings (SSSR count). The van der Waals surface area contributed by atoms with Crippen molar-refractivity contribution in [1.29, 1.82) is 0 Å². The molecule has 0 radical (unpaired) electrons. The molecule has 0 saturated heterocycles. The lowest BCUT2D eigenvalue weighted by Gasteiger charge is -2.29. The van der Waals surface area contributed by atoms with Crippen LogP contribution in [0.4, 0.5) is 0 Å². The molecule has 0 aromatic rings. The molecule has 3 nitrogen and oxygen atoms in total. The van der Waals surface area contributed by atoms with Crippen molar-refractivity contribution in [2.45, 2.75) is 39.0 Å². The van der Waals surface area contributed by atoms with Gasteiger partial charge in [0.15, 0.2) is 0 Å². The van der Waals surface area contributed by atoms with Crippen molar-refractivity contribution in [3.63, 3.8) is 0 Å². The molecule has 3 heteroatoms. The third-order valence-corrected chi connectivity index (χ3v) is 2.57. The highest BCUT2D eigenvalue weighted by molar-refractivity contribution is 4.77. The van der Waals surface area contributed by atoms with Crippen LogP contribution in [0.15, 0.2) is 0 Å². The fourth-order valence-corrected chi connectivity index (χ4v) is 1.88. The Hall–Kier alpha value is -0.600. The summed E-state index contributed by atoms with van der Waals surface area (Å²) in [6, 6.07) is 0. The van der Waals surface area contributed by atoms with Gasteiger partial charge in [-0.1, -0.05) is 26.2 Å². The number of nitrogens with zero attached hydrogens (tertiary/aromatic N) is 1. The fourth-order valence-electron chi connectivity index (χ4n) is 1.88. The third-order valence-electron chi connectivity index (χ3n) is 2.57. The molecule has 0 aromatic heterocycles. The first-order valence-electron chi connectivity index (χ1n) is 4.24. The number of hydrogen-bond donors (Lipinski definition) is 0. The van der Waals surface area contributed by atoms with E-state index in [1.165, 1.54) is 19.3 Å². The molecule has 0 bridgehead atoms. The fraction of sp³-hybridized carbons (Fsp3) is 1.00. The molecule has 0 spiro atoms. The molecule has 1 aliphatic carbocycles. The minimum Gasteiger partial charge on any atom is -0.265 e. The van der Waals surface area contributed by atoms with Gasteiger partial charge in [0.1, 0.15) is 0 Å². The van der Waals surface area contributed by atoms with Crippen molar-refractivity contribution < 1.29 is 4.92 Å². The van der Waals surface area contributed by atoms with Gasteiger partial charge in [-0.15, -0.1) is 0 Å². The van der Waals surface area contributed by atoms with E-state index in [1.807, 2.05) is 6.92 Å². The van der Waals surface area contributed by atoms with Crippen LogP contribution in [-0.2, 0) is 0 Å². The first kappa shape index (κ1) is 8.50. The van der Waals surface area contributed by atoms with Crippen LogP contribution >= 0.6 is 0 Å². The average molecular weight is 157 g/mol. The van der Waals surface area contributed by atoms with E-state index in [9.17, 15) is 10.1 Å². The molecule has 11 heavy (non-hydrogen) atoms. The lowest BCUT2D eigenvalue weighted by atomic mass is 9.76. The summed E-state index contributed by atoms with van der Waals surface area (Å²) in [7, 11) is 0. The Morgan fingerprint density at radius 2 is 1.91 bits per heavy atom. The van der Waals surface area contributed by atoms with Gasteiger partial charge in [0.2, 0.25) is 6.54 Å². The van der Waals surface area contributed by atoms with Crippen LogP contribution in [-0.4, -0.2) is 11.5 Å². The zero-order chi connectivity index (χ0) is 8.32. The van der Waals surface area contributed by atoms with E-state index in [4.69, 9.17) is 0 Å². The van der Waals surface area contributed by atoms with Gasteiger partial charge in [-0.25, -0.2) is 0 Å². The first-order valence-corrected chi connectivity index (χ1v) is 4.24. The minimum atomic E-state index is -0.175. The molecule has 1 saturated carbocycles. The molecule has 1 aliphatic rings. The van der Waals surface area contributed by atoms with Gasteiger partial charge in [0.05, 0.1) is 0 Å². The van der Waals surface area contributed by atoms with E-state index in [1.54, 1.807) is 0 Å². The Labute approximate surface area is 66.9 Å². The van der Waals surface area contributed by atoms with Crippen LogP contribution in [0, 0.1) is 15.5 Å². The lowest BCUT2D eigenvalue weighted by molar-refractivity contribution is -0.497. The largest absolute Gasteiger partial charge is 0.265 e. The van der Waals surface area contributed by atoms with Crippen LogP contribution in [0.1, 0.15) is 39.0 Å². The van der Waals surface area contributed by atoms with E-state index < -0.39 is 0 Å². The van der Waals surface area contributed by atoms with Gasteiger partial charge in [0, 0.05) is 10.3 Å². The number of rotatable bonds is 2. The smallest absolute Gasteiger partial charge is 0.209 e. The Bertz CT molecular complexity index is 150. The highest BCUT2D eigenvalue weighted by Gasteiger charge is 2.31. The van der Waals surface area contributed by atoms with Crippen LogP contribution in [0.5, 0.6) is 0 Å². The normalized spacial score (nSPS) is 23.0. The van der Waals surface area contributed by atoms with E-state index in [0.29, 0.717) is 0 Å². The molecule has 0 atom stereocenters. The van der Waals surface area contributed by atoms with Gasteiger partial charge >= 0.3 is 0 Å². The Kier molecular flexibility index (Phi) is 2.47. The van der Waals surface area contributed by atoms with Gasteiger partial charge in [0.25, 0.3) is 0 Å². The third kappa shape index (κ3) is 2.48. The standard InChI is InChI=1S/C8H15NO2/c1-8(7-9(10)11)5-3-2-4-6-8/h2-7H2,1H3. The van der Waals surface area contributed by atoms with Gasteiger partial charge in [-0.3, -0.25) is 10.1 Å². The number of nitro groups is 1. The topological polar surface area (TPSA) is 43.1 Å². The molecule has 0 amide bonds. The van der Waals surface area contributed by atoms with Crippen LogP contribution in [0.3, 0.4) is 0 Å². The minimum absolute atomic E-state index is 0.00174. The second-order valence-electron chi connectivity index (χ2n) is 3.86. The SMILES string of the molecule is CC1(C[N+](=O)[O-])CCCCC1. The second kappa shape index (κ2) is 3.20. The van der Waals surface area contributed by atoms with E-state index in [-0.39, 0.29) is 16.9 Å². The summed E-state index contributed by atoms with van der Waals surface area (Å²) in [5.74, 6) is 0. The molecular formula is C8H15NO2. The van der Waals surface area contributed by atoms with Crippen molar-refractivity contribution in [3.8, 4) is 0 Å². The van der Waals surface area contributed by atoms with E-state index in [2.05, 4.69) is 0 Å². The van der Waals surface area contributed by atoms with Crippen molar-refractivity contribution in [3.05, 3.63) is 10.1 Å². The van der Waals surface area contributed by atoms with E-state index >= 15 is 0 Å². The Balaban J connectivity index is 2.43. The van der Waals surface area contributed by atoms with Crippen molar-refractivity contribution >= 4 is 0 Å². The summed E-state index contributed by atoms with van der Waals surface area (Å²) < 4.78 is 0. The zero-order valence-electron chi connectivity index (χ0n) is 7.01. The summed E-state index contributed by atoms with van der Waals surface area (Å²) >= 11 is 0. The van der Waals surface area contributed by atoms with Crippen LogP contribution in [0.25, 0.3) is 0 Å². The molecule has 64 valence electrons. The molecule has 1 fully saturated rings. The maximum absolute atomic E-state index is 10.3. The molecule has 0 aliphatic heterocycles. The summed E-state index contributed by atoms with van der Waals surface area (Å²) in [6.07, 6.45) is 5.67. The zero-order valence-corrected chi connectivity index (χ0v) is 7.01. The highest BCUT2D eigenvalue weighted by Crippen LogP contribution is 2.35. The second-order valence-corrected chi connectivity index (χ2v) is 3.86. The summed E-state index contributed by atoms with van der Waals surface area (Å²) in [6.45, 7) is 2.20. The molecule has 0 unspecified atom stereocenters. The number of hydrogen-bond acceptors (Lipinski definition) is 2. The van der Waals surface area contributed by atoms with Gasteiger partial charge < -0.3 is 0 Å². The Morgan fingerprint density at radius 1 is 1.36 bits per heavy atom. The summed E-state index contributed by atoms with van der Waals surface area (Å²) in [5.41, 5.74) is 0.00174. The van der Waals surface area contributed by atoms with Gasteiger partial charge in [-0.2, -0.15) is 0 Å². The summed E-state index contributed by atoms with van der Waals surface area (Å²) in [5, 5.41) is 10.3. The van der Waals surface area contributed by atoms with Crippen LogP contribution < -0.4 is 0 Å². The monoisotopic (exact) mass is 157 g/mol. The van der Waals surface area contributed by atoms with Crippen molar-refractivity contribution in [2.24, 2.45) is 5.41 Å². The molecule has 0 aromatic carbocycles. The maximum Gasteiger partial charge on any atom is 0.209 e. The van der Waals surface area contributed by atoms with Crippen molar-refractivity contribution in [1.82, 2.24) is 0 Å². The highest BCUT2D eigenvalue weighted by atomic mass is 16.6. The van der Waals surface area contributed by atoms with E-state index in [0.717, 1.165) is 12.8 Å². The summed E-state index contributed by atoms with van der Waals surface area (Å²) in [4.78, 5) is 10.1. The molecule has 0 N–H and O–H groups in total. The first-order chi connectivity index (χ1) is 5.12. The predicted octanol–water partition coefficient (Wildman–Crippen LogP) is 2.23. The van der Waals surface area contributed by atoms with Crippen molar-refractivity contribution in [2.75, 3.05) is 6.54 Å². The maximum atomic E-state index is 10.3. The quantitative estimate of drug-likeness (QED) is 0.455. The predicted molar refractivity (Wildman–Crippen MR) is 43.1 cm³/mol. The lowest BCUT2D eigenvalue weighted by Crippen LogP contribution is -2.28. The van der Waals surface area contributed by atoms with Crippen LogP contribution in [0.2, 0.25) is 0 Å².